The van der Waals surface area contributed by atoms with E-state index in [-0.39, 0.29) is 12.5 Å². The number of nitrogens with one attached hydrogen (secondary N) is 1. The van der Waals surface area contributed by atoms with Crippen molar-refractivity contribution in [3.63, 3.8) is 0 Å². The summed E-state index contributed by atoms with van der Waals surface area (Å²) in [7, 11) is 4.58. The summed E-state index contributed by atoms with van der Waals surface area (Å²) in [6.07, 6.45) is 3.12. The number of amides is 1. The zero-order valence-corrected chi connectivity index (χ0v) is 13.5. The van der Waals surface area contributed by atoms with Crippen molar-refractivity contribution in [3.8, 4) is 0 Å². The third kappa shape index (κ3) is 2.99. The average molecular weight is 355 g/mol. The van der Waals surface area contributed by atoms with Gasteiger partial charge in [-0.25, -0.2) is 4.79 Å². The summed E-state index contributed by atoms with van der Waals surface area (Å²) in [5.41, 5.74) is 0.00327. The van der Waals surface area contributed by atoms with Crippen LogP contribution >= 0.6 is 15.9 Å². The summed E-state index contributed by atoms with van der Waals surface area (Å²) in [6.45, 7) is 0.121. The van der Waals surface area contributed by atoms with Crippen LogP contribution in [0.5, 0.6) is 0 Å². The van der Waals surface area contributed by atoms with E-state index in [1.54, 1.807) is 26.4 Å². The van der Waals surface area contributed by atoms with Gasteiger partial charge in [0.15, 0.2) is 0 Å². The van der Waals surface area contributed by atoms with Crippen molar-refractivity contribution >= 4 is 21.8 Å². The monoisotopic (exact) mass is 354 g/mol. The molecule has 0 aromatic carbocycles. The summed E-state index contributed by atoms with van der Waals surface area (Å²) in [5, 5.41) is 0. The van der Waals surface area contributed by atoms with Gasteiger partial charge in [-0.1, -0.05) is 0 Å². The van der Waals surface area contributed by atoms with Gasteiger partial charge in [0.25, 0.3) is 11.5 Å². The van der Waals surface area contributed by atoms with Gasteiger partial charge in [-0.2, -0.15) is 0 Å². The van der Waals surface area contributed by atoms with Gasteiger partial charge in [-0.3, -0.25) is 14.2 Å². The van der Waals surface area contributed by atoms with Gasteiger partial charge >= 0.3 is 5.69 Å². The number of rotatable bonds is 3. The van der Waals surface area contributed by atoms with Crippen LogP contribution in [0.3, 0.4) is 0 Å². The van der Waals surface area contributed by atoms with Gasteiger partial charge in [0.1, 0.15) is 5.69 Å². The zero-order valence-electron chi connectivity index (χ0n) is 11.9. The minimum atomic E-state index is -0.398. The molecule has 21 heavy (non-hydrogen) atoms. The molecule has 0 saturated carbocycles. The molecule has 0 radical (unpaired) electrons. The molecule has 0 aliphatic rings. The Hall–Kier alpha value is -2.09. The van der Waals surface area contributed by atoms with E-state index >= 15 is 0 Å². The second-order valence-corrected chi connectivity index (χ2v) is 5.72. The standard InChI is InChI=1S/C13H15BrN4O3/c1-16(12(20)10-4-9(14)5-15-10)6-8-7-17(2)13(21)18(3)11(8)19/h4-5,7,15H,6H2,1-3H3. The van der Waals surface area contributed by atoms with Crippen LogP contribution in [-0.4, -0.2) is 32.0 Å². The lowest BCUT2D eigenvalue weighted by molar-refractivity contribution is 0.0779. The first kappa shape index (κ1) is 15.3. The Balaban J connectivity index is 2.28. The van der Waals surface area contributed by atoms with E-state index in [2.05, 4.69) is 20.9 Å². The van der Waals surface area contributed by atoms with Gasteiger partial charge in [0, 0.05) is 38.0 Å². The normalized spacial score (nSPS) is 10.7. The summed E-state index contributed by atoms with van der Waals surface area (Å²) in [6, 6.07) is 1.66. The lowest BCUT2D eigenvalue weighted by Crippen LogP contribution is -2.40. The molecule has 0 bridgehead atoms. The van der Waals surface area contributed by atoms with E-state index < -0.39 is 11.2 Å². The molecule has 0 atom stereocenters. The summed E-state index contributed by atoms with van der Waals surface area (Å²) >= 11 is 3.26. The molecular weight excluding hydrogens is 340 g/mol. The van der Waals surface area contributed by atoms with Gasteiger partial charge < -0.3 is 14.5 Å². The van der Waals surface area contributed by atoms with Crippen LogP contribution in [-0.2, 0) is 20.6 Å². The molecule has 7 nitrogen and oxygen atoms in total. The number of carbonyl (C=O) groups excluding carboxylic acids is 1. The fourth-order valence-electron chi connectivity index (χ4n) is 2.02. The molecule has 0 aliphatic carbocycles. The molecule has 8 heteroatoms. The van der Waals surface area contributed by atoms with E-state index in [9.17, 15) is 14.4 Å². The number of aryl methyl sites for hydroxylation is 1. The van der Waals surface area contributed by atoms with E-state index in [4.69, 9.17) is 0 Å². The molecule has 1 N–H and O–H groups in total. The van der Waals surface area contributed by atoms with E-state index in [0.29, 0.717) is 11.3 Å². The molecule has 1 amide bonds. The highest BCUT2D eigenvalue weighted by Gasteiger charge is 2.16. The van der Waals surface area contributed by atoms with Gasteiger partial charge in [0.2, 0.25) is 0 Å². The number of H-pyrrole nitrogens is 1. The van der Waals surface area contributed by atoms with Crippen molar-refractivity contribution in [2.45, 2.75) is 6.54 Å². The first-order valence-electron chi connectivity index (χ1n) is 6.16. The lowest BCUT2D eigenvalue weighted by Gasteiger charge is -2.16. The van der Waals surface area contributed by atoms with E-state index in [1.807, 2.05) is 0 Å². The molecule has 112 valence electrons. The fourth-order valence-corrected chi connectivity index (χ4v) is 2.36. The molecular formula is C13H15BrN4O3. The first-order valence-corrected chi connectivity index (χ1v) is 6.95. The highest BCUT2D eigenvalue weighted by molar-refractivity contribution is 9.10. The lowest BCUT2D eigenvalue weighted by atomic mass is 10.3. The van der Waals surface area contributed by atoms with Crippen LogP contribution in [0.25, 0.3) is 0 Å². The van der Waals surface area contributed by atoms with Crippen molar-refractivity contribution in [2.24, 2.45) is 14.1 Å². The Bertz CT molecular complexity index is 802. The van der Waals surface area contributed by atoms with Crippen LogP contribution in [0.2, 0.25) is 0 Å². The maximum Gasteiger partial charge on any atom is 0.330 e. The molecule has 2 heterocycles. The molecule has 2 aromatic heterocycles. The Morgan fingerprint density at radius 1 is 1.38 bits per heavy atom. The Morgan fingerprint density at radius 3 is 2.62 bits per heavy atom. The van der Waals surface area contributed by atoms with E-state index in [1.165, 1.54) is 22.7 Å². The number of carbonyl (C=O) groups is 1. The van der Waals surface area contributed by atoms with Crippen LogP contribution in [0, 0.1) is 0 Å². The Labute approximate surface area is 128 Å². The maximum absolute atomic E-state index is 12.2. The summed E-state index contributed by atoms with van der Waals surface area (Å²) in [4.78, 5) is 40.1. The third-order valence-electron chi connectivity index (χ3n) is 3.15. The topological polar surface area (TPSA) is 80.1 Å². The largest absolute Gasteiger partial charge is 0.356 e. The van der Waals surface area contributed by atoms with E-state index in [0.717, 1.165) is 9.04 Å². The second kappa shape index (κ2) is 5.72. The van der Waals surface area contributed by atoms with Crippen LogP contribution in [0.4, 0.5) is 0 Å². The minimum Gasteiger partial charge on any atom is -0.356 e. The van der Waals surface area contributed by atoms with Crippen molar-refractivity contribution in [1.29, 1.82) is 0 Å². The zero-order chi connectivity index (χ0) is 15.7. The van der Waals surface area contributed by atoms with Crippen LogP contribution < -0.4 is 11.2 Å². The molecule has 0 saturated heterocycles. The highest BCUT2D eigenvalue weighted by Crippen LogP contribution is 2.12. The number of hydrogen-bond donors (Lipinski definition) is 1. The number of aromatic nitrogens is 3. The molecule has 0 aliphatic heterocycles. The highest BCUT2D eigenvalue weighted by atomic mass is 79.9. The minimum absolute atomic E-state index is 0.121. The predicted octanol–water partition coefficient (Wildman–Crippen LogP) is 0.447. The fraction of sp³-hybridized carbons (Fsp3) is 0.308. The van der Waals surface area contributed by atoms with Gasteiger partial charge in [0.05, 0.1) is 12.1 Å². The number of nitrogens with zero attached hydrogens (tertiary/aromatic N) is 3. The molecule has 0 spiro atoms. The number of halogens is 1. The second-order valence-electron chi connectivity index (χ2n) is 4.80. The van der Waals surface area contributed by atoms with Crippen molar-refractivity contribution < 1.29 is 4.79 Å². The maximum atomic E-state index is 12.2. The molecule has 2 rings (SSSR count). The van der Waals surface area contributed by atoms with Crippen LogP contribution in [0.1, 0.15) is 16.1 Å². The van der Waals surface area contributed by atoms with Crippen molar-refractivity contribution in [2.75, 3.05) is 7.05 Å². The number of hydrogen-bond acceptors (Lipinski definition) is 3. The van der Waals surface area contributed by atoms with Gasteiger partial charge in [-0.15, -0.1) is 0 Å². The SMILES string of the molecule is CN(Cc1cn(C)c(=O)n(C)c1=O)C(=O)c1cc(Br)c[nH]1. The average Bonchev–Trinajstić information content (AvgIpc) is 2.88. The summed E-state index contributed by atoms with van der Waals surface area (Å²) in [5.74, 6) is -0.239. The van der Waals surface area contributed by atoms with Crippen molar-refractivity contribution in [3.05, 3.63) is 55.0 Å². The molecule has 0 fully saturated rings. The third-order valence-corrected chi connectivity index (χ3v) is 3.61. The van der Waals surface area contributed by atoms with Crippen molar-refractivity contribution in [1.82, 2.24) is 19.0 Å². The Kier molecular flexibility index (Phi) is 4.17. The van der Waals surface area contributed by atoms with Gasteiger partial charge in [-0.05, 0) is 22.0 Å². The predicted molar refractivity (Wildman–Crippen MR) is 81.2 cm³/mol. The summed E-state index contributed by atoms with van der Waals surface area (Å²) < 4.78 is 3.12. The Morgan fingerprint density at radius 2 is 2.05 bits per heavy atom. The first-order chi connectivity index (χ1) is 9.81. The quantitative estimate of drug-likeness (QED) is 0.868. The molecule has 2 aromatic rings. The number of aromatic amines is 1. The van der Waals surface area contributed by atoms with Crippen LogP contribution in [0.15, 0.2) is 32.5 Å². The smallest absolute Gasteiger partial charge is 0.330 e. The molecule has 0 unspecified atom stereocenters.